The van der Waals surface area contributed by atoms with Crippen molar-refractivity contribution in [2.24, 2.45) is 5.92 Å². The Hall–Kier alpha value is -1.84. The lowest BCUT2D eigenvalue weighted by atomic mass is 10.1. The van der Waals surface area contributed by atoms with Crippen molar-refractivity contribution < 1.29 is 33.4 Å². The van der Waals surface area contributed by atoms with E-state index in [1.54, 1.807) is 13.8 Å². The molecule has 0 aromatic rings. The zero-order valence-corrected chi connectivity index (χ0v) is 17.6. The highest BCUT2D eigenvalue weighted by Gasteiger charge is 2.34. The summed E-state index contributed by atoms with van der Waals surface area (Å²) in [4.78, 5) is 46.9. The Labute approximate surface area is 172 Å². The number of rotatable bonds is 17. The monoisotopic (exact) mass is 414 g/mol. The summed E-state index contributed by atoms with van der Waals surface area (Å²) in [5.41, 5.74) is 0. The molecule has 1 N–H and O–H groups in total. The smallest absolute Gasteiger partial charge is 0.232 e. The van der Waals surface area contributed by atoms with E-state index in [9.17, 15) is 19.2 Å². The van der Waals surface area contributed by atoms with Gasteiger partial charge >= 0.3 is 0 Å². The van der Waals surface area contributed by atoms with E-state index in [0.717, 1.165) is 6.42 Å². The van der Waals surface area contributed by atoms with E-state index in [4.69, 9.17) is 14.2 Å². The largest absolute Gasteiger partial charge is 0.377 e. The number of unbranched alkanes of at least 4 members (excludes halogenated alkanes) is 1. The van der Waals surface area contributed by atoms with E-state index < -0.39 is 0 Å². The van der Waals surface area contributed by atoms with E-state index in [0.29, 0.717) is 65.4 Å². The number of nitrogens with zero attached hydrogens (tertiary/aromatic N) is 1. The average Bonchev–Trinajstić information content (AvgIpc) is 2.91. The normalized spacial score (nSPS) is 16.5. The van der Waals surface area contributed by atoms with Gasteiger partial charge in [0.05, 0.1) is 46.2 Å². The van der Waals surface area contributed by atoms with Crippen molar-refractivity contribution >= 4 is 23.5 Å². The Bertz CT molecular complexity index is 539. The van der Waals surface area contributed by atoms with Crippen LogP contribution in [0.4, 0.5) is 0 Å². The number of carbonyl (C=O) groups is 4. The van der Waals surface area contributed by atoms with E-state index in [1.807, 2.05) is 0 Å². The summed E-state index contributed by atoms with van der Waals surface area (Å²) in [7, 11) is 0. The maximum absolute atomic E-state index is 11.7. The van der Waals surface area contributed by atoms with Crippen LogP contribution in [-0.4, -0.2) is 81.1 Å². The lowest BCUT2D eigenvalue weighted by Gasteiger charge is -2.14. The van der Waals surface area contributed by atoms with Crippen molar-refractivity contribution in [3.8, 4) is 0 Å². The Kier molecular flexibility index (Phi) is 13.1. The van der Waals surface area contributed by atoms with Crippen LogP contribution in [0, 0.1) is 5.92 Å². The second kappa shape index (κ2) is 15.1. The van der Waals surface area contributed by atoms with Crippen LogP contribution in [0.3, 0.4) is 0 Å². The molecular weight excluding hydrogens is 380 g/mol. The maximum Gasteiger partial charge on any atom is 0.232 e. The molecule has 1 rings (SSSR count). The number of likely N-dealkylation sites (tertiary alicyclic amines) is 1. The summed E-state index contributed by atoms with van der Waals surface area (Å²) in [6.07, 6.45) is 2.70. The number of hydrogen-bond acceptors (Lipinski definition) is 7. The lowest BCUT2D eigenvalue weighted by molar-refractivity contribution is -0.140. The highest BCUT2D eigenvalue weighted by molar-refractivity contribution is 6.03. The summed E-state index contributed by atoms with van der Waals surface area (Å²) in [6.45, 7) is 6.37. The first kappa shape index (κ1) is 25.2. The molecule has 0 bridgehead atoms. The molecule has 0 aliphatic carbocycles. The molecule has 29 heavy (non-hydrogen) atoms. The first-order valence-corrected chi connectivity index (χ1v) is 10.3. The van der Waals surface area contributed by atoms with Gasteiger partial charge in [0.15, 0.2) is 0 Å². The molecule has 1 heterocycles. The van der Waals surface area contributed by atoms with E-state index in [1.165, 1.54) is 4.90 Å². The standard InChI is InChI=1S/C20H34N2O7/c1-16-15-19(25)22(20(16)26)8-10-28-12-14-29-13-11-27-9-7-21-18(24)6-4-3-5-17(2)23/h16H,3-15H2,1-2H3,(H,21,24). The molecule has 1 unspecified atom stereocenters. The fraction of sp³-hybridized carbons (Fsp3) is 0.800. The summed E-state index contributed by atoms with van der Waals surface area (Å²) < 4.78 is 16.1. The van der Waals surface area contributed by atoms with E-state index in [2.05, 4.69) is 5.32 Å². The number of imide groups is 1. The van der Waals surface area contributed by atoms with Gasteiger partial charge in [0.25, 0.3) is 0 Å². The summed E-state index contributed by atoms with van der Waals surface area (Å²) in [5, 5.41) is 2.77. The van der Waals surface area contributed by atoms with Crippen LogP contribution >= 0.6 is 0 Å². The van der Waals surface area contributed by atoms with Gasteiger partial charge in [-0.3, -0.25) is 19.3 Å². The van der Waals surface area contributed by atoms with Crippen LogP contribution in [0.15, 0.2) is 0 Å². The van der Waals surface area contributed by atoms with Crippen LogP contribution in [0.25, 0.3) is 0 Å². The molecule has 1 saturated heterocycles. The van der Waals surface area contributed by atoms with Gasteiger partial charge in [0, 0.05) is 31.7 Å². The third-order valence-corrected chi connectivity index (χ3v) is 4.42. The molecule has 9 nitrogen and oxygen atoms in total. The Morgan fingerprint density at radius 3 is 2.14 bits per heavy atom. The molecule has 1 atom stereocenters. The molecule has 0 spiro atoms. The molecule has 1 fully saturated rings. The van der Waals surface area contributed by atoms with Gasteiger partial charge in [-0.15, -0.1) is 0 Å². The van der Waals surface area contributed by atoms with Crippen molar-refractivity contribution in [3.63, 3.8) is 0 Å². The zero-order chi connectivity index (χ0) is 21.5. The molecule has 9 heteroatoms. The van der Waals surface area contributed by atoms with Crippen molar-refractivity contribution in [1.29, 1.82) is 0 Å². The first-order valence-electron chi connectivity index (χ1n) is 10.3. The second-order valence-corrected chi connectivity index (χ2v) is 7.08. The van der Waals surface area contributed by atoms with Gasteiger partial charge in [-0.2, -0.15) is 0 Å². The van der Waals surface area contributed by atoms with Crippen LogP contribution in [0.5, 0.6) is 0 Å². The minimum Gasteiger partial charge on any atom is -0.377 e. The SMILES string of the molecule is CC(=O)CCCCC(=O)NCCOCCOCCOCCN1C(=O)CC(C)C1=O. The second-order valence-electron chi connectivity index (χ2n) is 7.08. The molecule has 1 aliphatic rings. The predicted molar refractivity (Wildman–Crippen MR) is 105 cm³/mol. The highest BCUT2D eigenvalue weighted by Crippen LogP contribution is 2.17. The molecule has 0 radical (unpaired) electrons. The number of nitrogens with one attached hydrogen (secondary N) is 1. The lowest BCUT2D eigenvalue weighted by Crippen LogP contribution is -2.33. The zero-order valence-electron chi connectivity index (χ0n) is 17.6. The van der Waals surface area contributed by atoms with Crippen molar-refractivity contribution in [1.82, 2.24) is 10.2 Å². The Balaban J connectivity index is 1.82. The summed E-state index contributed by atoms with van der Waals surface area (Å²) >= 11 is 0. The molecule has 0 aromatic heterocycles. The van der Waals surface area contributed by atoms with Gasteiger partial charge < -0.3 is 24.3 Å². The van der Waals surface area contributed by atoms with Gasteiger partial charge in [0.1, 0.15) is 5.78 Å². The minimum atomic E-state index is -0.225. The molecule has 166 valence electrons. The number of ether oxygens (including phenoxy) is 3. The van der Waals surface area contributed by atoms with E-state index in [-0.39, 0.29) is 42.4 Å². The third kappa shape index (κ3) is 11.7. The number of carbonyl (C=O) groups excluding carboxylic acids is 4. The molecule has 1 aliphatic heterocycles. The summed E-state index contributed by atoms with van der Waals surface area (Å²) in [5.74, 6) is -0.369. The quantitative estimate of drug-likeness (QED) is 0.275. The number of ketones is 1. The minimum absolute atomic E-state index is 0.0302. The summed E-state index contributed by atoms with van der Waals surface area (Å²) in [6, 6.07) is 0. The van der Waals surface area contributed by atoms with Crippen molar-refractivity contribution in [3.05, 3.63) is 0 Å². The topological polar surface area (TPSA) is 111 Å². The van der Waals surface area contributed by atoms with Crippen LogP contribution in [0.2, 0.25) is 0 Å². The maximum atomic E-state index is 11.7. The van der Waals surface area contributed by atoms with Gasteiger partial charge in [-0.1, -0.05) is 6.92 Å². The third-order valence-electron chi connectivity index (χ3n) is 4.42. The fourth-order valence-corrected chi connectivity index (χ4v) is 2.79. The van der Waals surface area contributed by atoms with Crippen molar-refractivity contribution in [2.45, 2.75) is 46.0 Å². The van der Waals surface area contributed by atoms with Crippen LogP contribution in [0.1, 0.15) is 46.0 Å². The molecular formula is C20H34N2O7. The predicted octanol–water partition coefficient (Wildman–Crippen LogP) is 0.697. The Morgan fingerprint density at radius 1 is 0.966 bits per heavy atom. The molecule has 3 amide bonds. The van der Waals surface area contributed by atoms with Crippen LogP contribution in [-0.2, 0) is 33.4 Å². The fourth-order valence-electron chi connectivity index (χ4n) is 2.79. The molecule has 0 saturated carbocycles. The number of hydrogen-bond donors (Lipinski definition) is 1. The highest BCUT2D eigenvalue weighted by atomic mass is 16.5. The molecule has 0 aromatic carbocycles. The van der Waals surface area contributed by atoms with Crippen molar-refractivity contribution in [2.75, 3.05) is 52.7 Å². The van der Waals surface area contributed by atoms with Gasteiger partial charge in [-0.25, -0.2) is 0 Å². The Morgan fingerprint density at radius 2 is 1.55 bits per heavy atom. The van der Waals surface area contributed by atoms with Crippen LogP contribution < -0.4 is 5.32 Å². The van der Waals surface area contributed by atoms with Gasteiger partial charge in [-0.05, 0) is 19.8 Å². The first-order chi connectivity index (χ1) is 13.9. The number of Topliss-reactive ketones (excluding diaryl/α,β-unsaturated/α-hetero) is 1. The van der Waals surface area contributed by atoms with Gasteiger partial charge in [0.2, 0.25) is 17.7 Å². The average molecular weight is 414 g/mol. The number of amides is 3. The van der Waals surface area contributed by atoms with E-state index >= 15 is 0 Å².